The van der Waals surface area contributed by atoms with E-state index in [-0.39, 0.29) is 0 Å². The molecule has 60 valence electrons. The maximum Gasteiger partial charge on any atom is 0.119 e. The van der Waals surface area contributed by atoms with Crippen molar-refractivity contribution in [3.8, 4) is 5.75 Å². The third kappa shape index (κ3) is 1.62. The predicted molar refractivity (Wildman–Crippen MR) is 44.7 cm³/mol. The monoisotopic (exact) mass is 152 g/mol. The van der Waals surface area contributed by atoms with Gasteiger partial charge in [-0.2, -0.15) is 0 Å². The largest absolute Gasteiger partial charge is 0.761 e. The lowest BCUT2D eigenvalue weighted by atomic mass is 10.2. The van der Waals surface area contributed by atoms with Crippen molar-refractivity contribution >= 4 is 5.69 Å². The van der Waals surface area contributed by atoms with Crippen LogP contribution in [-0.2, 0) is 0 Å². The second-order valence-electron chi connectivity index (χ2n) is 2.28. The van der Waals surface area contributed by atoms with Crippen LogP contribution in [0.15, 0.2) is 18.2 Å². The molecule has 0 fully saturated rings. The van der Waals surface area contributed by atoms with Crippen molar-refractivity contribution in [2.75, 3.05) is 12.6 Å². The van der Waals surface area contributed by atoms with E-state index in [1.165, 1.54) is 0 Å². The van der Waals surface area contributed by atoms with Gasteiger partial charge in [0.05, 0.1) is 7.11 Å². The molecule has 0 spiro atoms. The molecule has 0 aliphatic rings. The Kier molecular flexibility index (Phi) is 2.33. The highest BCUT2D eigenvalue weighted by atomic mass is 16.5. The minimum Gasteiger partial charge on any atom is -0.761 e. The second-order valence-corrected chi connectivity index (χ2v) is 2.28. The molecular formula is C8H10NO2-. The van der Waals surface area contributed by atoms with Crippen molar-refractivity contribution in [3.63, 3.8) is 0 Å². The molecule has 0 saturated heterocycles. The first-order valence-corrected chi connectivity index (χ1v) is 3.30. The number of hydrogen-bond donors (Lipinski definition) is 1. The van der Waals surface area contributed by atoms with Crippen LogP contribution >= 0.6 is 0 Å². The summed E-state index contributed by atoms with van der Waals surface area (Å²) in [5.41, 5.74) is 3.32. The number of aryl methyl sites for hydroxylation is 1. The summed E-state index contributed by atoms with van der Waals surface area (Å²) in [6.45, 7) is 1.85. The molecule has 0 atom stereocenters. The maximum absolute atomic E-state index is 10.3. The Labute approximate surface area is 65.6 Å². The van der Waals surface area contributed by atoms with Gasteiger partial charge < -0.3 is 15.4 Å². The molecule has 11 heavy (non-hydrogen) atoms. The van der Waals surface area contributed by atoms with Gasteiger partial charge in [-0.3, -0.25) is 0 Å². The van der Waals surface area contributed by atoms with Crippen LogP contribution in [0.1, 0.15) is 5.56 Å². The maximum atomic E-state index is 10.3. The van der Waals surface area contributed by atoms with Crippen molar-refractivity contribution in [2.24, 2.45) is 0 Å². The van der Waals surface area contributed by atoms with Crippen LogP contribution < -0.4 is 10.2 Å². The van der Waals surface area contributed by atoms with Crippen molar-refractivity contribution in [2.45, 2.75) is 6.92 Å². The third-order valence-corrected chi connectivity index (χ3v) is 1.54. The average molecular weight is 152 g/mol. The summed E-state index contributed by atoms with van der Waals surface area (Å²) >= 11 is 0. The lowest BCUT2D eigenvalue weighted by Gasteiger charge is -2.12. The van der Waals surface area contributed by atoms with Crippen LogP contribution in [0, 0.1) is 12.1 Å². The number of ether oxygens (including phenoxy) is 1. The molecule has 1 rings (SSSR count). The molecule has 0 aliphatic heterocycles. The van der Waals surface area contributed by atoms with E-state index in [1.54, 1.807) is 25.3 Å². The van der Waals surface area contributed by atoms with Crippen LogP contribution in [0.25, 0.3) is 0 Å². The summed E-state index contributed by atoms with van der Waals surface area (Å²) in [4.78, 5) is 0. The summed E-state index contributed by atoms with van der Waals surface area (Å²) in [6, 6.07) is 5.24. The van der Waals surface area contributed by atoms with Crippen LogP contribution in [0.4, 0.5) is 5.69 Å². The van der Waals surface area contributed by atoms with Crippen LogP contribution in [0.2, 0.25) is 0 Å². The number of hydrogen-bond acceptors (Lipinski definition) is 3. The molecule has 0 aromatic heterocycles. The Morgan fingerprint density at radius 3 is 2.64 bits per heavy atom. The molecule has 0 radical (unpaired) electrons. The standard InChI is InChI=1S/C8H10NO2/c1-6-5-7(11-2)3-4-8(6)9-10/h3-5,9H,1-2H3/q-1. The quantitative estimate of drug-likeness (QED) is 0.658. The minimum atomic E-state index is 0.589. The molecule has 0 heterocycles. The topological polar surface area (TPSA) is 44.3 Å². The van der Waals surface area contributed by atoms with E-state index in [4.69, 9.17) is 4.74 Å². The van der Waals surface area contributed by atoms with Crippen LogP contribution in [0.5, 0.6) is 5.75 Å². The predicted octanol–water partition coefficient (Wildman–Crippen LogP) is 1.91. The van der Waals surface area contributed by atoms with Gasteiger partial charge in [0.25, 0.3) is 0 Å². The summed E-state index contributed by atoms with van der Waals surface area (Å²) < 4.78 is 4.96. The number of anilines is 1. The van der Waals surface area contributed by atoms with E-state index in [0.717, 1.165) is 11.3 Å². The Morgan fingerprint density at radius 2 is 2.18 bits per heavy atom. The molecule has 0 unspecified atom stereocenters. The molecule has 3 heteroatoms. The fraction of sp³-hybridized carbons (Fsp3) is 0.250. The van der Waals surface area contributed by atoms with E-state index >= 15 is 0 Å². The van der Waals surface area contributed by atoms with Gasteiger partial charge in [0, 0.05) is 5.69 Å². The van der Waals surface area contributed by atoms with Crippen molar-refractivity contribution in [3.05, 3.63) is 29.0 Å². The Balaban J connectivity index is 2.99. The van der Waals surface area contributed by atoms with Gasteiger partial charge in [0.1, 0.15) is 5.75 Å². The van der Waals surface area contributed by atoms with E-state index < -0.39 is 0 Å². The lowest BCUT2D eigenvalue weighted by Crippen LogP contribution is -1.90. The highest BCUT2D eigenvalue weighted by Gasteiger charge is 1.94. The van der Waals surface area contributed by atoms with Crippen molar-refractivity contribution in [1.82, 2.24) is 0 Å². The van der Waals surface area contributed by atoms with Gasteiger partial charge >= 0.3 is 0 Å². The highest BCUT2D eigenvalue weighted by Crippen LogP contribution is 2.20. The normalized spacial score (nSPS) is 9.36. The first-order chi connectivity index (χ1) is 5.27. The van der Waals surface area contributed by atoms with E-state index in [2.05, 4.69) is 0 Å². The fourth-order valence-corrected chi connectivity index (χ4v) is 0.878. The van der Waals surface area contributed by atoms with Crippen LogP contribution in [-0.4, -0.2) is 7.11 Å². The molecule has 0 bridgehead atoms. The van der Waals surface area contributed by atoms with Gasteiger partial charge in [-0.15, -0.1) is 0 Å². The average Bonchev–Trinajstić information content (AvgIpc) is 2.04. The van der Waals surface area contributed by atoms with Gasteiger partial charge in [-0.1, -0.05) is 0 Å². The Hall–Kier alpha value is -1.22. The fourth-order valence-electron chi connectivity index (χ4n) is 0.878. The molecule has 0 amide bonds. The number of methoxy groups -OCH3 is 1. The van der Waals surface area contributed by atoms with Crippen molar-refractivity contribution in [1.29, 1.82) is 0 Å². The smallest absolute Gasteiger partial charge is 0.119 e. The summed E-state index contributed by atoms with van der Waals surface area (Å²) in [7, 11) is 1.60. The molecule has 0 saturated carbocycles. The SMILES string of the molecule is COc1ccc(N[O-])c(C)c1. The zero-order chi connectivity index (χ0) is 8.27. The third-order valence-electron chi connectivity index (χ3n) is 1.54. The van der Waals surface area contributed by atoms with Crippen LogP contribution in [0.3, 0.4) is 0 Å². The summed E-state index contributed by atoms with van der Waals surface area (Å²) in [6.07, 6.45) is 0. The lowest BCUT2D eigenvalue weighted by molar-refractivity contribution is 0.414. The first kappa shape index (κ1) is 7.88. The second kappa shape index (κ2) is 3.25. The number of benzene rings is 1. The highest BCUT2D eigenvalue weighted by molar-refractivity contribution is 5.53. The number of rotatable bonds is 2. The molecule has 1 aromatic carbocycles. The minimum absolute atomic E-state index is 0.589. The summed E-state index contributed by atoms with van der Waals surface area (Å²) in [5, 5.41) is 10.3. The van der Waals surface area contributed by atoms with E-state index in [0.29, 0.717) is 5.69 Å². The Bertz CT molecular complexity index is 248. The Morgan fingerprint density at radius 1 is 1.45 bits per heavy atom. The number of nitrogens with one attached hydrogen (secondary N) is 1. The molecule has 3 nitrogen and oxygen atoms in total. The zero-order valence-electron chi connectivity index (χ0n) is 6.55. The molecule has 1 N–H and O–H groups in total. The van der Waals surface area contributed by atoms with Crippen molar-refractivity contribution < 1.29 is 4.74 Å². The molecular weight excluding hydrogens is 142 g/mol. The van der Waals surface area contributed by atoms with Gasteiger partial charge in [-0.05, 0) is 30.7 Å². The molecule has 0 aliphatic carbocycles. The zero-order valence-corrected chi connectivity index (χ0v) is 6.55. The van der Waals surface area contributed by atoms with Gasteiger partial charge in [0.15, 0.2) is 0 Å². The van der Waals surface area contributed by atoms with E-state index in [9.17, 15) is 5.21 Å². The van der Waals surface area contributed by atoms with Gasteiger partial charge in [-0.25, -0.2) is 0 Å². The van der Waals surface area contributed by atoms with Gasteiger partial charge in [0.2, 0.25) is 0 Å². The van der Waals surface area contributed by atoms with E-state index in [1.807, 2.05) is 12.4 Å². The molecule has 1 aromatic rings. The first-order valence-electron chi connectivity index (χ1n) is 3.30. The summed E-state index contributed by atoms with van der Waals surface area (Å²) in [5.74, 6) is 0.765.